The average molecular weight is 355 g/mol. The SMILES string of the molecule is N#C/C(=C\c1ccccc1)C(=O)Nc1nc2c(ccc3ccccc32)s1. The van der Waals surface area contributed by atoms with E-state index < -0.39 is 5.91 Å². The zero-order valence-electron chi connectivity index (χ0n) is 13.6. The third-order valence-corrected chi connectivity index (χ3v) is 4.92. The highest BCUT2D eigenvalue weighted by atomic mass is 32.1. The summed E-state index contributed by atoms with van der Waals surface area (Å²) in [6.45, 7) is 0. The van der Waals surface area contributed by atoms with Crippen molar-refractivity contribution in [2.45, 2.75) is 0 Å². The molecule has 26 heavy (non-hydrogen) atoms. The second-order valence-corrected chi connectivity index (χ2v) is 6.72. The lowest BCUT2D eigenvalue weighted by molar-refractivity contribution is -0.112. The second-order valence-electron chi connectivity index (χ2n) is 5.69. The van der Waals surface area contributed by atoms with Crippen LogP contribution in [-0.4, -0.2) is 10.9 Å². The Morgan fingerprint density at radius 3 is 2.62 bits per heavy atom. The number of amides is 1. The van der Waals surface area contributed by atoms with E-state index in [0.29, 0.717) is 5.13 Å². The van der Waals surface area contributed by atoms with Crippen molar-refractivity contribution >= 4 is 49.4 Å². The van der Waals surface area contributed by atoms with E-state index >= 15 is 0 Å². The molecule has 0 saturated heterocycles. The molecule has 0 aliphatic carbocycles. The van der Waals surface area contributed by atoms with Crippen molar-refractivity contribution in [2.75, 3.05) is 5.32 Å². The van der Waals surface area contributed by atoms with Crippen molar-refractivity contribution < 1.29 is 4.79 Å². The molecule has 0 aliphatic rings. The highest BCUT2D eigenvalue weighted by Gasteiger charge is 2.13. The Morgan fingerprint density at radius 1 is 1.04 bits per heavy atom. The number of aromatic nitrogens is 1. The van der Waals surface area contributed by atoms with Crippen LogP contribution in [0, 0.1) is 11.3 Å². The van der Waals surface area contributed by atoms with E-state index in [9.17, 15) is 10.1 Å². The minimum Gasteiger partial charge on any atom is -0.297 e. The van der Waals surface area contributed by atoms with Crippen LogP contribution in [0.2, 0.25) is 0 Å². The van der Waals surface area contributed by atoms with E-state index in [1.54, 1.807) is 6.08 Å². The Morgan fingerprint density at radius 2 is 1.81 bits per heavy atom. The third kappa shape index (κ3) is 3.06. The monoisotopic (exact) mass is 355 g/mol. The van der Waals surface area contributed by atoms with Crippen LogP contribution in [0.1, 0.15) is 5.56 Å². The number of benzene rings is 3. The molecule has 4 nitrogen and oxygen atoms in total. The molecule has 0 unspecified atom stereocenters. The zero-order chi connectivity index (χ0) is 17.9. The summed E-state index contributed by atoms with van der Waals surface area (Å²) in [6, 6.07) is 23.3. The summed E-state index contributed by atoms with van der Waals surface area (Å²) in [5, 5.41) is 14.7. The predicted octanol–water partition coefficient (Wildman–Crippen LogP) is 5.00. The number of nitriles is 1. The van der Waals surface area contributed by atoms with Crippen LogP contribution in [0.5, 0.6) is 0 Å². The highest BCUT2D eigenvalue weighted by molar-refractivity contribution is 7.22. The fourth-order valence-electron chi connectivity index (χ4n) is 2.74. The fourth-order valence-corrected chi connectivity index (χ4v) is 3.62. The summed E-state index contributed by atoms with van der Waals surface area (Å²) in [6.07, 6.45) is 1.57. The van der Waals surface area contributed by atoms with Crippen LogP contribution in [-0.2, 0) is 4.79 Å². The Balaban J connectivity index is 1.66. The van der Waals surface area contributed by atoms with E-state index in [1.807, 2.05) is 72.8 Å². The molecule has 3 aromatic carbocycles. The molecule has 4 aromatic rings. The summed E-state index contributed by atoms with van der Waals surface area (Å²) < 4.78 is 0.990. The van der Waals surface area contributed by atoms with Gasteiger partial charge in [0.25, 0.3) is 5.91 Å². The largest absolute Gasteiger partial charge is 0.297 e. The number of nitrogens with zero attached hydrogens (tertiary/aromatic N) is 2. The van der Waals surface area contributed by atoms with Gasteiger partial charge in [0.05, 0.1) is 10.2 Å². The summed E-state index contributed by atoms with van der Waals surface area (Å²) in [4.78, 5) is 17.0. The third-order valence-electron chi connectivity index (χ3n) is 3.98. The summed E-state index contributed by atoms with van der Waals surface area (Å²) >= 11 is 1.39. The zero-order valence-corrected chi connectivity index (χ0v) is 14.5. The lowest BCUT2D eigenvalue weighted by atomic mass is 10.1. The number of rotatable bonds is 3. The average Bonchev–Trinajstić information content (AvgIpc) is 3.09. The number of hydrogen-bond donors (Lipinski definition) is 1. The highest BCUT2D eigenvalue weighted by Crippen LogP contribution is 2.31. The number of anilines is 1. The molecule has 0 atom stereocenters. The first-order valence-corrected chi connectivity index (χ1v) is 8.83. The Labute approximate surface area is 154 Å². The molecule has 1 aromatic heterocycles. The summed E-state index contributed by atoms with van der Waals surface area (Å²) in [7, 11) is 0. The Kier molecular flexibility index (Phi) is 4.18. The normalized spacial score (nSPS) is 11.4. The van der Waals surface area contributed by atoms with Crippen molar-refractivity contribution in [3.8, 4) is 6.07 Å². The molecular formula is C21H13N3OS. The molecule has 0 fully saturated rings. The van der Waals surface area contributed by atoms with Gasteiger partial charge in [-0.05, 0) is 23.1 Å². The van der Waals surface area contributed by atoms with Crippen LogP contribution in [0.4, 0.5) is 5.13 Å². The molecule has 0 aliphatic heterocycles. The first kappa shape index (κ1) is 16.0. The van der Waals surface area contributed by atoms with Crippen LogP contribution in [0.15, 0.2) is 72.3 Å². The van der Waals surface area contributed by atoms with E-state index in [-0.39, 0.29) is 5.57 Å². The molecule has 4 rings (SSSR count). The topological polar surface area (TPSA) is 65.8 Å². The van der Waals surface area contributed by atoms with E-state index in [1.165, 1.54) is 11.3 Å². The van der Waals surface area contributed by atoms with Gasteiger partial charge in [-0.2, -0.15) is 5.26 Å². The molecule has 1 amide bonds. The van der Waals surface area contributed by atoms with Crippen molar-refractivity contribution in [3.63, 3.8) is 0 Å². The van der Waals surface area contributed by atoms with Crippen molar-refractivity contribution in [3.05, 3.63) is 77.9 Å². The van der Waals surface area contributed by atoms with E-state index in [4.69, 9.17) is 0 Å². The van der Waals surface area contributed by atoms with Crippen molar-refractivity contribution in [1.29, 1.82) is 5.26 Å². The van der Waals surface area contributed by atoms with Gasteiger partial charge in [-0.1, -0.05) is 72.0 Å². The number of thiazole rings is 1. The number of carbonyl (C=O) groups is 1. The van der Waals surface area contributed by atoms with Gasteiger partial charge in [0, 0.05) is 5.39 Å². The van der Waals surface area contributed by atoms with Crippen LogP contribution in [0.3, 0.4) is 0 Å². The summed E-state index contributed by atoms with van der Waals surface area (Å²) in [5.74, 6) is -0.459. The maximum absolute atomic E-state index is 12.5. The molecule has 0 radical (unpaired) electrons. The number of fused-ring (bicyclic) bond motifs is 3. The minimum absolute atomic E-state index is 0.0420. The van der Waals surface area contributed by atoms with Gasteiger partial charge in [0.1, 0.15) is 11.6 Å². The van der Waals surface area contributed by atoms with Crippen LogP contribution >= 0.6 is 11.3 Å². The van der Waals surface area contributed by atoms with Crippen molar-refractivity contribution in [1.82, 2.24) is 4.98 Å². The minimum atomic E-state index is -0.459. The maximum Gasteiger partial charge on any atom is 0.268 e. The molecule has 0 bridgehead atoms. The first-order valence-electron chi connectivity index (χ1n) is 8.01. The standard InChI is InChI=1S/C21H13N3OS/c22-13-16(12-14-6-2-1-3-7-14)20(25)24-21-23-19-17-9-5-4-8-15(17)10-11-18(19)26-21/h1-12H,(H,23,24,25)/b16-12+. The lowest BCUT2D eigenvalue weighted by Gasteiger charge is -2.00. The van der Waals surface area contributed by atoms with Gasteiger partial charge < -0.3 is 0 Å². The molecule has 124 valence electrons. The fraction of sp³-hybridized carbons (Fsp3) is 0. The van der Waals surface area contributed by atoms with Gasteiger partial charge in [0.2, 0.25) is 0 Å². The number of carbonyl (C=O) groups excluding carboxylic acids is 1. The maximum atomic E-state index is 12.5. The lowest BCUT2D eigenvalue weighted by Crippen LogP contribution is -2.13. The Bertz CT molecular complexity index is 1190. The van der Waals surface area contributed by atoms with Gasteiger partial charge in [-0.25, -0.2) is 4.98 Å². The van der Waals surface area contributed by atoms with Gasteiger partial charge in [-0.15, -0.1) is 0 Å². The van der Waals surface area contributed by atoms with Crippen molar-refractivity contribution in [2.24, 2.45) is 0 Å². The predicted molar refractivity (Wildman–Crippen MR) is 106 cm³/mol. The Hall–Kier alpha value is -3.49. The number of hydrogen-bond acceptors (Lipinski definition) is 4. The number of nitrogens with one attached hydrogen (secondary N) is 1. The van der Waals surface area contributed by atoms with Gasteiger partial charge in [-0.3, -0.25) is 10.1 Å². The summed E-state index contributed by atoms with van der Waals surface area (Å²) in [5.41, 5.74) is 1.70. The van der Waals surface area contributed by atoms with Crippen LogP contribution in [0.25, 0.3) is 27.1 Å². The quantitative estimate of drug-likeness (QED) is 0.416. The molecule has 1 N–H and O–H groups in total. The van der Waals surface area contributed by atoms with Gasteiger partial charge in [0.15, 0.2) is 5.13 Å². The molecule has 5 heteroatoms. The molecule has 0 saturated carbocycles. The van der Waals surface area contributed by atoms with Gasteiger partial charge >= 0.3 is 0 Å². The first-order chi connectivity index (χ1) is 12.7. The smallest absolute Gasteiger partial charge is 0.268 e. The molecule has 1 heterocycles. The van der Waals surface area contributed by atoms with E-state index in [2.05, 4.69) is 10.3 Å². The van der Waals surface area contributed by atoms with E-state index in [0.717, 1.165) is 26.6 Å². The molecular weight excluding hydrogens is 342 g/mol. The van der Waals surface area contributed by atoms with Crippen LogP contribution < -0.4 is 5.32 Å². The molecule has 0 spiro atoms. The second kappa shape index (κ2) is 6.79.